The summed E-state index contributed by atoms with van der Waals surface area (Å²) in [4.78, 5) is 0. The molecular weight excluding hydrogens is 402 g/mol. The molecule has 2 rings (SSSR count). The van der Waals surface area contributed by atoms with Gasteiger partial charge in [0.05, 0.1) is 12.2 Å². The molecule has 0 bridgehead atoms. The first-order chi connectivity index (χ1) is 14.7. The average molecular weight is 439 g/mol. The zero-order chi connectivity index (χ0) is 21.6. The maximum atomic E-state index is 14.6. The summed E-state index contributed by atoms with van der Waals surface area (Å²) >= 11 is 1.34. The largest absolute Gasteiger partial charge is 0.490 e. The molecule has 0 fully saturated rings. The monoisotopic (exact) mass is 438 g/mol. The molecule has 0 unspecified atom stereocenters. The van der Waals surface area contributed by atoms with Gasteiger partial charge < -0.3 is 4.74 Å². The average Bonchev–Trinajstić information content (AvgIpc) is 3.21. The quantitative estimate of drug-likeness (QED) is 0.248. The highest BCUT2D eigenvalue weighted by atomic mass is 32.1. The fraction of sp³-hybridized carbons (Fsp3) is 0.667. The van der Waals surface area contributed by atoms with Gasteiger partial charge in [0.2, 0.25) is 5.82 Å². The molecule has 0 amide bonds. The zero-order valence-corrected chi connectivity index (χ0v) is 19.3. The van der Waals surface area contributed by atoms with Crippen LogP contribution in [0.3, 0.4) is 0 Å². The topological polar surface area (TPSA) is 35.0 Å². The van der Waals surface area contributed by atoms with E-state index in [0.29, 0.717) is 11.6 Å². The Kier molecular flexibility index (Phi) is 11.9. The highest BCUT2D eigenvalue weighted by Crippen LogP contribution is 2.32. The zero-order valence-electron chi connectivity index (χ0n) is 18.5. The van der Waals surface area contributed by atoms with Gasteiger partial charge in [-0.15, -0.1) is 10.2 Å². The van der Waals surface area contributed by atoms with Crippen molar-refractivity contribution in [3.05, 3.63) is 28.8 Å². The van der Waals surface area contributed by atoms with Crippen LogP contribution in [-0.2, 0) is 6.42 Å². The van der Waals surface area contributed by atoms with Gasteiger partial charge in [-0.25, -0.2) is 4.39 Å². The van der Waals surface area contributed by atoms with Crippen LogP contribution in [0.4, 0.5) is 8.78 Å². The molecule has 1 aromatic heterocycles. The van der Waals surface area contributed by atoms with E-state index in [-0.39, 0.29) is 11.3 Å². The standard InChI is InChI=1S/C24H36F2N2OS/c1-3-5-7-9-10-12-14-18-29-20-17-16-19(22(25)23(20)26)24-28-27-21(30-24)15-13-11-8-6-4-2/h16-17H,3-15,18H2,1-2H3. The first kappa shape index (κ1) is 24.7. The maximum Gasteiger partial charge on any atom is 0.201 e. The van der Waals surface area contributed by atoms with Crippen LogP contribution in [-0.4, -0.2) is 16.8 Å². The second-order valence-electron chi connectivity index (χ2n) is 7.87. The smallest absolute Gasteiger partial charge is 0.201 e. The molecule has 168 valence electrons. The lowest BCUT2D eigenvalue weighted by molar-refractivity contribution is 0.285. The van der Waals surface area contributed by atoms with E-state index in [9.17, 15) is 8.78 Å². The lowest BCUT2D eigenvalue weighted by Gasteiger charge is -2.09. The van der Waals surface area contributed by atoms with Gasteiger partial charge in [-0.05, 0) is 25.0 Å². The highest BCUT2D eigenvalue weighted by molar-refractivity contribution is 7.14. The lowest BCUT2D eigenvalue weighted by Crippen LogP contribution is -2.01. The van der Waals surface area contributed by atoms with E-state index in [1.807, 2.05) is 0 Å². The minimum atomic E-state index is -0.938. The Morgan fingerprint density at radius 3 is 2.10 bits per heavy atom. The number of benzene rings is 1. The summed E-state index contributed by atoms with van der Waals surface area (Å²) in [5.74, 6) is -1.87. The third kappa shape index (κ3) is 8.29. The van der Waals surface area contributed by atoms with Crippen molar-refractivity contribution in [2.75, 3.05) is 6.61 Å². The molecule has 6 heteroatoms. The number of nitrogens with zero attached hydrogens (tertiary/aromatic N) is 2. The van der Waals surface area contributed by atoms with Crippen molar-refractivity contribution in [1.82, 2.24) is 10.2 Å². The van der Waals surface area contributed by atoms with Crippen molar-refractivity contribution in [1.29, 1.82) is 0 Å². The normalized spacial score (nSPS) is 11.2. The van der Waals surface area contributed by atoms with E-state index in [1.165, 1.54) is 62.3 Å². The number of aromatic nitrogens is 2. The SMILES string of the molecule is CCCCCCCCCOc1ccc(-c2nnc(CCCCCCC)s2)c(F)c1F. The van der Waals surface area contributed by atoms with Crippen molar-refractivity contribution in [2.45, 2.75) is 97.3 Å². The predicted octanol–water partition coefficient (Wildman–Crippen LogP) is 8.13. The van der Waals surface area contributed by atoms with Crippen molar-refractivity contribution in [3.8, 4) is 16.3 Å². The van der Waals surface area contributed by atoms with E-state index in [4.69, 9.17) is 4.74 Å². The molecule has 0 saturated carbocycles. The summed E-state index contributed by atoms with van der Waals surface area (Å²) in [6, 6.07) is 3.05. The number of aryl methyl sites for hydroxylation is 1. The van der Waals surface area contributed by atoms with E-state index >= 15 is 0 Å². The van der Waals surface area contributed by atoms with Gasteiger partial charge in [0, 0.05) is 6.42 Å². The number of ether oxygens (including phenoxy) is 1. The Hall–Kier alpha value is -1.56. The van der Waals surface area contributed by atoms with E-state index < -0.39 is 11.6 Å². The molecule has 30 heavy (non-hydrogen) atoms. The van der Waals surface area contributed by atoms with Gasteiger partial charge in [0.25, 0.3) is 0 Å². The molecular formula is C24H36F2N2OS. The van der Waals surface area contributed by atoms with Crippen LogP contribution in [0.2, 0.25) is 0 Å². The van der Waals surface area contributed by atoms with Crippen LogP contribution in [0.25, 0.3) is 10.6 Å². The molecule has 1 aromatic carbocycles. The van der Waals surface area contributed by atoms with Gasteiger partial charge in [0.15, 0.2) is 16.6 Å². The Morgan fingerprint density at radius 1 is 0.767 bits per heavy atom. The van der Waals surface area contributed by atoms with Crippen molar-refractivity contribution < 1.29 is 13.5 Å². The van der Waals surface area contributed by atoms with Gasteiger partial charge in [0.1, 0.15) is 5.01 Å². The molecule has 0 aliphatic heterocycles. The Bertz CT molecular complexity index is 736. The van der Waals surface area contributed by atoms with E-state index in [1.54, 1.807) is 6.07 Å². The summed E-state index contributed by atoms with van der Waals surface area (Å²) in [6.07, 6.45) is 14.8. The van der Waals surface area contributed by atoms with Crippen LogP contribution in [0.15, 0.2) is 12.1 Å². The molecule has 3 nitrogen and oxygen atoms in total. The van der Waals surface area contributed by atoms with E-state index in [2.05, 4.69) is 24.0 Å². The minimum absolute atomic E-state index is 0.0251. The Morgan fingerprint density at radius 2 is 1.40 bits per heavy atom. The van der Waals surface area contributed by atoms with Crippen LogP contribution < -0.4 is 4.74 Å². The van der Waals surface area contributed by atoms with Crippen molar-refractivity contribution in [3.63, 3.8) is 0 Å². The Balaban J connectivity index is 1.81. The summed E-state index contributed by atoms with van der Waals surface area (Å²) in [5.41, 5.74) is 0.158. The van der Waals surface area contributed by atoms with Gasteiger partial charge in [-0.3, -0.25) is 0 Å². The maximum absolute atomic E-state index is 14.6. The fourth-order valence-corrected chi connectivity index (χ4v) is 4.29. The van der Waals surface area contributed by atoms with Gasteiger partial charge in [-0.1, -0.05) is 89.4 Å². The van der Waals surface area contributed by atoms with Crippen LogP contribution >= 0.6 is 11.3 Å². The number of unbranched alkanes of at least 4 members (excludes halogenated alkanes) is 10. The number of halogens is 2. The number of hydrogen-bond acceptors (Lipinski definition) is 4. The summed E-state index contributed by atoms with van der Waals surface area (Å²) in [7, 11) is 0. The summed E-state index contributed by atoms with van der Waals surface area (Å²) in [6.45, 7) is 4.80. The van der Waals surface area contributed by atoms with Crippen LogP contribution in [0.1, 0.15) is 95.9 Å². The molecule has 0 aliphatic rings. The molecule has 0 atom stereocenters. The fourth-order valence-electron chi connectivity index (χ4n) is 3.39. The summed E-state index contributed by atoms with van der Waals surface area (Å²) < 4.78 is 34.5. The number of hydrogen-bond donors (Lipinski definition) is 0. The third-order valence-corrected chi connectivity index (χ3v) is 6.26. The predicted molar refractivity (Wildman–Crippen MR) is 121 cm³/mol. The van der Waals surface area contributed by atoms with Crippen molar-refractivity contribution >= 4 is 11.3 Å². The molecule has 0 saturated heterocycles. The van der Waals surface area contributed by atoms with Gasteiger partial charge >= 0.3 is 0 Å². The highest BCUT2D eigenvalue weighted by Gasteiger charge is 2.18. The number of rotatable bonds is 16. The second kappa shape index (κ2) is 14.4. The minimum Gasteiger partial charge on any atom is -0.490 e. The van der Waals surface area contributed by atoms with Crippen LogP contribution in [0.5, 0.6) is 5.75 Å². The molecule has 0 aliphatic carbocycles. The third-order valence-electron chi connectivity index (χ3n) is 5.24. The van der Waals surface area contributed by atoms with Crippen LogP contribution in [0, 0.1) is 11.6 Å². The summed E-state index contributed by atoms with van der Waals surface area (Å²) in [5, 5.41) is 9.52. The first-order valence-electron chi connectivity index (χ1n) is 11.6. The molecule has 0 N–H and O–H groups in total. The molecule has 0 radical (unpaired) electrons. The second-order valence-corrected chi connectivity index (χ2v) is 8.94. The molecule has 0 spiro atoms. The van der Waals surface area contributed by atoms with E-state index in [0.717, 1.165) is 43.5 Å². The molecule has 1 heterocycles. The van der Waals surface area contributed by atoms with Gasteiger partial charge in [-0.2, -0.15) is 4.39 Å². The Labute approximate surface area is 184 Å². The van der Waals surface area contributed by atoms with Crippen molar-refractivity contribution in [2.24, 2.45) is 0 Å². The molecule has 2 aromatic rings. The first-order valence-corrected chi connectivity index (χ1v) is 12.4. The lowest BCUT2D eigenvalue weighted by atomic mass is 10.1.